The Morgan fingerprint density at radius 1 is 1.10 bits per heavy atom. The molecule has 0 aromatic carbocycles. The molecular weight excluding hydrogens is 258 g/mol. The van der Waals surface area contributed by atoms with Gasteiger partial charge in [0.05, 0.1) is 12.0 Å². The zero-order valence-corrected chi connectivity index (χ0v) is 11.7. The van der Waals surface area contributed by atoms with E-state index in [0.29, 0.717) is 25.9 Å². The third kappa shape index (κ3) is 2.37. The number of likely N-dealkylation sites (tertiary alicyclic amines) is 1. The van der Waals surface area contributed by atoms with E-state index in [1.807, 2.05) is 4.90 Å². The molecule has 3 heterocycles. The number of fused-ring (bicyclic) bond motifs is 2. The Bertz CT molecular complexity index is 400. The van der Waals surface area contributed by atoms with Crippen molar-refractivity contribution in [3.63, 3.8) is 0 Å². The molecule has 3 N–H and O–H groups in total. The lowest BCUT2D eigenvalue weighted by molar-refractivity contribution is -0.143. The minimum absolute atomic E-state index is 0.116. The van der Waals surface area contributed by atoms with Gasteiger partial charge < -0.3 is 20.6 Å². The zero-order chi connectivity index (χ0) is 14.3. The number of aliphatic hydroxyl groups is 1. The third-order valence-corrected chi connectivity index (χ3v) is 5.04. The molecule has 3 amide bonds. The van der Waals surface area contributed by atoms with Crippen molar-refractivity contribution in [2.24, 2.45) is 11.7 Å². The quantitative estimate of drug-likeness (QED) is 0.724. The molecule has 3 aliphatic rings. The summed E-state index contributed by atoms with van der Waals surface area (Å²) in [6.45, 7) is 1.11. The van der Waals surface area contributed by atoms with E-state index < -0.39 is 6.03 Å². The summed E-state index contributed by atoms with van der Waals surface area (Å²) in [6.07, 6.45) is 4.82. The smallest absolute Gasteiger partial charge is 0.314 e. The fourth-order valence-electron chi connectivity index (χ4n) is 4.10. The number of aliphatic hydroxyl groups excluding tert-OH is 1. The highest BCUT2D eigenvalue weighted by Gasteiger charge is 2.45. The first-order valence-electron chi connectivity index (χ1n) is 7.61. The van der Waals surface area contributed by atoms with E-state index >= 15 is 0 Å². The molecule has 0 aromatic heterocycles. The van der Waals surface area contributed by atoms with E-state index in [-0.39, 0.29) is 30.0 Å². The maximum atomic E-state index is 12.8. The lowest BCUT2D eigenvalue weighted by Crippen LogP contribution is -2.53. The van der Waals surface area contributed by atoms with Crippen molar-refractivity contribution in [3.05, 3.63) is 0 Å². The van der Waals surface area contributed by atoms with Crippen molar-refractivity contribution in [2.45, 2.75) is 56.7 Å². The van der Waals surface area contributed by atoms with E-state index in [2.05, 4.69) is 0 Å². The molecule has 0 spiro atoms. The third-order valence-electron chi connectivity index (χ3n) is 5.04. The summed E-state index contributed by atoms with van der Waals surface area (Å²) in [4.78, 5) is 27.6. The SMILES string of the molecule is NC(=O)N1CCCC(C(=O)N2C3CCC2CC(O)C3)C1. The van der Waals surface area contributed by atoms with Gasteiger partial charge in [-0.2, -0.15) is 0 Å². The van der Waals surface area contributed by atoms with Crippen molar-refractivity contribution < 1.29 is 14.7 Å². The van der Waals surface area contributed by atoms with Crippen LogP contribution in [0.2, 0.25) is 0 Å². The van der Waals surface area contributed by atoms with Crippen LogP contribution >= 0.6 is 0 Å². The van der Waals surface area contributed by atoms with Crippen LogP contribution in [0.1, 0.15) is 38.5 Å². The number of hydrogen-bond donors (Lipinski definition) is 2. The summed E-state index contributed by atoms with van der Waals surface area (Å²) in [6, 6.07) is -0.0417. The molecule has 2 bridgehead atoms. The van der Waals surface area contributed by atoms with Crippen LogP contribution in [0.4, 0.5) is 4.79 Å². The average molecular weight is 281 g/mol. The van der Waals surface area contributed by atoms with E-state index in [1.165, 1.54) is 0 Å². The minimum atomic E-state index is -0.431. The highest BCUT2D eigenvalue weighted by Crippen LogP contribution is 2.37. The summed E-state index contributed by atoms with van der Waals surface area (Å²) in [5.74, 6) is 0.0462. The minimum Gasteiger partial charge on any atom is -0.393 e. The van der Waals surface area contributed by atoms with Crippen LogP contribution < -0.4 is 5.73 Å². The van der Waals surface area contributed by atoms with Gasteiger partial charge in [0.15, 0.2) is 0 Å². The summed E-state index contributed by atoms with van der Waals surface area (Å²) < 4.78 is 0. The number of carbonyl (C=O) groups excluding carboxylic acids is 2. The number of amides is 3. The van der Waals surface area contributed by atoms with E-state index in [4.69, 9.17) is 5.73 Å². The molecule has 3 fully saturated rings. The van der Waals surface area contributed by atoms with Crippen LogP contribution in [-0.2, 0) is 4.79 Å². The Labute approximate surface area is 118 Å². The molecule has 0 radical (unpaired) electrons. The summed E-state index contributed by atoms with van der Waals surface area (Å²) >= 11 is 0. The molecule has 3 saturated heterocycles. The van der Waals surface area contributed by atoms with Crippen LogP contribution in [0.5, 0.6) is 0 Å². The Morgan fingerprint density at radius 2 is 1.75 bits per heavy atom. The number of hydrogen-bond acceptors (Lipinski definition) is 3. The van der Waals surface area contributed by atoms with Crippen LogP contribution in [0, 0.1) is 5.92 Å². The molecule has 3 unspecified atom stereocenters. The predicted molar refractivity (Wildman–Crippen MR) is 72.8 cm³/mol. The zero-order valence-electron chi connectivity index (χ0n) is 11.7. The number of rotatable bonds is 1. The van der Waals surface area contributed by atoms with Crippen molar-refractivity contribution in [3.8, 4) is 0 Å². The fourth-order valence-corrected chi connectivity index (χ4v) is 4.10. The van der Waals surface area contributed by atoms with Gasteiger partial charge in [-0.1, -0.05) is 0 Å². The number of primary amides is 1. The molecule has 20 heavy (non-hydrogen) atoms. The highest BCUT2D eigenvalue weighted by atomic mass is 16.3. The summed E-state index contributed by atoms with van der Waals surface area (Å²) in [5.41, 5.74) is 5.32. The predicted octanol–water partition coefficient (Wildman–Crippen LogP) is 0.291. The Hall–Kier alpha value is -1.30. The number of carbonyl (C=O) groups is 2. The molecular formula is C14H23N3O3. The highest BCUT2D eigenvalue weighted by molar-refractivity contribution is 5.81. The van der Waals surface area contributed by atoms with Gasteiger partial charge in [-0.25, -0.2) is 4.79 Å². The number of urea groups is 1. The Kier molecular flexibility index (Phi) is 3.58. The normalized spacial score (nSPS) is 37.0. The van der Waals surface area contributed by atoms with Gasteiger partial charge >= 0.3 is 6.03 Å². The van der Waals surface area contributed by atoms with Gasteiger partial charge in [-0.15, -0.1) is 0 Å². The lowest BCUT2D eigenvalue weighted by Gasteiger charge is -2.41. The monoisotopic (exact) mass is 281 g/mol. The van der Waals surface area contributed by atoms with Crippen LogP contribution in [0.25, 0.3) is 0 Å². The molecule has 6 heteroatoms. The van der Waals surface area contributed by atoms with Crippen molar-refractivity contribution >= 4 is 11.9 Å². The van der Waals surface area contributed by atoms with Gasteiger partial charge in [-0.3, -0.25) is 4.79 Å². The number of piperidine rings is 2. The fraction of sp³-hybridized carbons (Fsp3) is 0.857. The topological polar surface area (TPSA) is 86.9 Å². The van der Waals surface area contributed by atoms with Crippen LogP contribution in [-0.4, -0.2) is 58.1 Å². The molecule has 3 rings (SSSR count). The van der Waals surface area contributed by atoms with E-state index in [9.17, 15) is 14.7 Å². The maximum Gasteiger partial charge on any atom is 0.314 e. The van der Waals surface area contributed by atoms with Gasteiger partial charge in [0, 0.05) is 25.2 Å². The van der Waals surface area contributed by atoms with Gasteiger partial charge in [0.2, 0.25) is 5.91 Å². The molecule has 6 nitrogen and oxygen atoms in total. The second-order valence-electron chi connectivity index (χ2n) is 6.38. The second-order valence-corrected chi connectivity index (χ2v) is 6.38. The van der Waals surface area contributed by atoms with Crippen LogP contribution in [0.3, 0.4) is 0 Å². The molecule has 3 atom stereocenters. The molecule has 0 saturated carbocycles. The summed E-state index contributed by atoms with van der Waals surface area (Å²) in [5, 5.41) is 9.81. The standard InChI is InChI=1S/C14H23N3O3/c15-14(20)16-5-1-2-9(8-16)13(19)17-10-3-4-11(17)7-12(18)6-10/h9-12,18H,1-8H2,(H2,15,20). The van der Waals surface area contributed by atoms with E-state index in [1.54, 1.807) is 4.90 Å². The molecule has 0 aliphatic carbocycles. The van der Waals surface area contributed by atoms with Gasteiger partial charge in [0.25, 0.3) is 0 Å². The second kappa shape index (κ2) is 5.24. The largest absolute Gasteiger partial charge is 0.393 e. The molecule has 0 aromatic rings. The lowest BCUT2D eigenvalue weighted by atomic mass is 9.93. The van der Waals surface area contributed by atoms with Crippen molar-refractivity contribution in [1.29, 1.82) is 0 Å². The first kappa shape index (κ1) is 13.7. The van der Waals surface area contributed by atoms with Crippen molar-refractivity contribution in [1.82, 2.24) is 9.80 Å². The molecule has 3 aliphatic heterocycles. The van der Waals surface area contributed by atoms with Gasteiger partial charge in [-0.05, 0) is 38.5 Å². The van der Waals surface area contributed by atoms with E-state index in [0.717, 1.165) is 25.7 Å². The number of nitrogens with zero attached hydrogens (tertiary/aromatic N) is 2. The van der Waals surface area contributed by atoms with Crippen molar-refractivity contribution in [2.75, 3.05) is 13.1 Å². The Balaban J connectivity index is 1.68. The molecule has 112 valence electrons. The first-order chi connectivity index (χ1) is 9.56. The summed E-state index contributed by atoms with van der Waals surface area (Å²) in [7, 11) is 0. The number of nitrogens with two attached hydrogens (primary N) is 1. The van der Waals surface area contributed by atoms with Gasteiger partial charge in [0.1, 0.15) is 0 Å². The van der Waals surface area contributed by atoms with Crippen LogP contribution in [0.15, 0.2) is 0 Å². The first-order valence-corrected chi connectivity index (χ1v) is 7.61. The average Bonchev–Trinajstić information content (AvgIpc) is 2.70. The maximum absolute atomic E-state index is 12.8. The Morgan fingerprint density at radius 3 is 2.35 bits per heavy atom.